The van der Waals surface area contributed by atoms with Crippen LogP contribution in [0.4, 0.5) is 0 Å². The van der Waals surface area contributed by atoms with Crippen molar-refractivity contribution in [1.82, 2.24) is 0 Å². The van der Waals surface area contributed by atoms with Crippen molar-refractivity contribution in [1.29, 1.82) is 0 Å². The van der Waals surface area contributed by atoms with Crippen LogP contribution < -0.4 is 4.74 Å². The number of carboxylic acid groups (broad SMARTS) is 1. The first-order chi connectivity index (χ1) is 7.04. The third-order valence-corrected chi connectivity index (χ3v) is 1.92. The molecule has 0 radical (unpaired) electrons. The lowest BCUT2D eigenvalue weighted by atomic mass is 10.1. The standard InChI is InChI=1S/C12H14O3/c1-8(2)6-10-7-9(12(13)14)4-5-11(10)15-3/h4-7H,1-3H3,(H,13,14). The van der Waals surface area contributed by atoms with E-state index in [0.717, 1.165) is 11.1 Å². The van der Waals surface area contributed by atoms with E-state index >= 15 is 0 Å². The zero-order chi connectivity index (χ0) is 11.4. The second-order valence-corrected chi connectivity index (χ2v) is 3.48. The minimum absolute atomic E-state index is 0.267. The monoisotopic (exact) mass is 206 g/mol. The molecule has 3 nitrogen and oxygen atoms in total. The molecule has 1 rings (SSSR count). The number of allylic oxidation sites excluding steroid dienone is 1. The van der Waals surface area contributed by atoms with E-state index in [1.54, 1.807) is 19.2 Å². The number of carbonyl (C=O) groups is 1. The topological polar surface area (TPSA) is 46.5 Å². The Kier molecular flexibility index (Phi) is 3.50. The summed E-state index contributed by atoms with van der Waals surface area (Å²) in [6.45, 7) is 3.90. The quantitative estimate of drug-likeness (QED) is 0.827. The molecule has 0 aliphatic rings. The van der Waals surface area contributed by atoms with Crippen molar-refractivity contribution >= 4 is 12.0 Å². The van der Waals surface area contributed by atoms with Gasteiger partial charge in [0, 0.05) is 5.56 Å². The van der Waals surface area contributed by atoms with Crippen LogP contribution in [0, 0.1) is 0 Å². The van der Waals surface area contributed by atoms with Gasteiger partial charge < -0.3 is 9.84 Å². The molecule has 1 aromatic carbocycles. The molecule has 0 aliphatic heterocycles. The molecule has 0 heterocycles. The summed E-state index contributed by atoms with van der Waals surface area (Å²) < 4.78 is 5.14. The molecular weight excluding hydrogens is 192 g/mol. The van der Waals surface area contributed by atoms with E-state index < -0.39 is 5.97 Å². The maximum absolute atomic E-state index is 10.8. The van der Waals surface area contributed by atoms with Gasteiger partial charge in [0.25, 0.3) is 0 Å². The zero-order valence-corrected chi connectivity index (χ0v) is 9.07. The van der Waals surface area contributed by atoms with Gasteiger partial charge in [-0.3, -0.25) is 0 Å². The van der Waals surface area contributed by atoms with Crippen molar-refractivity contribution in [2.24, 2.45) is 0 Å². The lowest BCUT2D eigenvalue weighted by Crippen LogP contribution is -1.97. The van der Waals surface area contributed by atoms with Crippen molar-refractivity contribution in [3.05, 3.63) is 34.9 Å². The Morgan fingerprint density at radius 2 is 2.07 bits per heavy atom. The molecular formula is C12H14O3. The van der Waals surface area contributed by atoms with Crippen LogP contribution in [0.5, 0.6) is 5.75 Å². The second-order valence-electron chi connectivity index (χ2n) is 3.48. The van der Waals surface area contributed by atoms with Crippen LogP contribution in [0.3, 0.4) is 0 Å². The Morgan fingerprint density at radius 3 is 2.53 bits per heavy atom. The minimum Gasteiger partial charge on any atom is -0.496 e. The summed E-state index contributed by atoms with van der Waals surface area (Å²) in [4.78, 5) is 10.8. The molecule has 1 aromatic rings. The summed E-state index contributed by atoms with van der Waals surface area (Å²) in [5, 5.41) is 8.85. The molecule has 0 spiro atoms. The number of methoxy groups -OCH3 is 1. The van der Waals surface area contributed by atoms with E-state index in [-0.39, 0.29) is 5.56 Å². The summed E-state index contributed by atoms with van der Waals surface area (Å²) in [5.41, 5.74) is 2.15. The van der Waals surface area contributed by atoms with Gasteiger partial charge in [-0.05, 0) is 32.0 Å². The molecule has 15 heavy (non-hydrogen) atoms. The van der Waals surface area contributed by atoms with Gasteiger partial charge in [0.05, 0.1) is 12.7 Å². The molecule has 0 fully saturated rings. The number of aromatic carboxylic acids is 1. The van der Waals surface area contributed by atoms with E-state index in [2.05, 4.69) is 0 Å². The third kappa shape index (κ3) is 2.84. The van der Waals surface area contributed by atoms with E-state index in [4.69, 9.17) is 9.84 Å². The summed E-state index contributed by atoms with van der Waals surface area (Å²) in [6, 6.07) is 4.80. The maximum Gasteiger partial charge on any atom is 0.335 e. The number of hydrogen-bond acceptors (Lipinski definition) is 2. The molecule has 80 valence electrons. The number of carboxylic acids is 1. The Labute approximate surface area is 89.0 Å². The molecule has 1 N–H and O–H groups in total. The highest BCUT2D eigenvalue weighted by molar-refractivity contribution is 5.89. The van der Waals surface area contributed by atoms with Crippen LogP contribution >= 0.6 is 0 Å². The maximum atomic E-state index is 10.8. The summed E-state index contributed by atoms with van der Waals surface area (Å²) in [5.74, 6) is -0.248. The average molecular weight is 206 g/mol. The molecule has 0 aromatic heterocycles. The van der Waals surface area contributed by atoms with Gasteiger partial charge in [-0.15, -0.1) is 0 Å². The molecule has 0 saturated carbocycles. The fraction of sp³-hybridized carbons (Fsp3) is 0.250. The van der Waals surface area contributed by atoms with Crippen LogP contribution in [0.25, 0.3) is 6.08 Å². The fourth-order valence-electron chi connectivity index (χ4n) is 1.29. The smallest absolute Gasteiger partial charge is 0.335 e. The van der Waals surface area contributed by atoms with Gasteiger partial charge in [0.2, 0.25) is 0 Å². The average Bonchev–Trinajstić information content (AvgIpc) is 2.16. The molecule has 0 amide bonds. The van der Waals surface area contributed by atoms with Crippen LogP contribution in [0.1, 0.15) is 29.8 Å². The first-order valence-corrected chi connectivity index (χ1v) is 4.61. The van der Waals surface area contributed by atoms with Crippen molar-refractivity contribution in [2.75, 3.05) is 7.11 Å². The van der Waals surface area contributed by atoms with Gasteiger partial charge in [0.1, 0.15) is 5.75 Å². The largest absolute Gasteiger partial charge is 0.496 e. The highest BCUT2D eigenvalue weighted by Crippen LogP contribution is 2.22. The predicted molar refractivity (Wildman–Crippen MR) is 59.3 cm³/mol. The van der Waals surface area contributed by atoms with Crippen LogP contribution in [0.2, 0.25) is 0 Å². The van der Waals surface area contributed by atoms with E-state index in [1.165, 1.54) is 6.07 Å². The van der Waals surface area contributed by atoms with Gasteiger partial charge in [-0.2, -0.15) is 0 Å². The van der Waals surface area contributed by atoms with Gasteiger partial charge in [-0.1, -0.05) is 11.6 Å². The fourth-order valence-corrected chi connectivity index (χ4v) is 1.29. The minimum atomic E-state index is -0.930. The van der Waals surface area contributed by atoms with Crippen molar-refractivity contribution < 1.29 is 14.6 Å². The Morgan fingerprint density at radius 1 is 1.40 bits per heavy atom. The predicted octanol–water partition coefficient (Wildman–Crippen LogP) is 2.82. The lowest BCUT2D eigenvalue weighted by Gasteiger charge is -2.06. The number of hydrogen-bond donors (Lipinski definition) is 1. The summed E-state index contributed by atoms with van der Waals surface area (Å²) in [7, 11) is 1.57. The van der Waals surface area contributed by atoms with Gasteiger partial charge >= 0.3 is 5.97 Å². The van der Waals surface area contributed by atoms with E-state index in [9.17, 15) is 4.79 Å². The van der Waals surface area contributed by atoms with Crippen molar-refractivity contribution in [2.45, 2.75) is 13.8 Å². The molecule has 0 atom stereocenters. The molecule has 3 heteroatoms. The highest BCUT2D eigenvalue weighted by Gasteiger charge is 2.06. The third-order valence-electron chi connectivity index (χ3n) is 1.92. The van der Waals surface area contributed by atoms with Crippen molar-refractivity contribution in [3.63, 3.8) is 0 Å². The Hall–Kier alpha value is -1.77. The first kappa shape index (κ1) is 11.3. The summed E-state index contributed by atoms with van der Waals surface area (Å²) >= 11 is 0. The zero-order valence-electron chi connectivity index (χ0n) is 9.07. The number of rotatable bonds is 3. The number of benzene rings is 1. The van der Waals surface area contributed by atoms with Gasteiger partial charge in [0.15, 0.2) is 0 Å². The normalized spacial score (nSPS) is 9.53. The van der Waals surface area contributed by atoms with Crippen molar-refractivity contribution in [3.8, 4) is 5.75 Å². The second kappa shape index (κ2) is 4.64. The Bertz CT molecular complexity index is 401. The highest BCUT2D eigenvalue weighted by atomic mass is 16.5. The lowest BCUT2D eigenvalue weighted by molar-refractivity contribution is 0.0697. The molecule has 0 saturated heterocycles. The van der Waals surface area contributed by atoms with Crippen LogP contribution in [-0.2, 0) is 0 Å². The van der Waals surface area contributed by atoms with E-state index in [0.29, 0.717) is 5.75 Å². The first-order valence-electron chi connectivity index (χ1n) is 4.61. The molecule has 0 aliphatic carbocycles. The Balaban J connectivity index is 3.25. The van der Waals surface area contributed by atoms with Gasteiger partial charge in [-0.25, -0.2) is 4.79 Å². The van der Waals surface area contributed by atoms with Crippen LogP contribution in [0.15, 0.2) is 23.8 Å². The molecule has 0 unspecified atom stereocenters. The SMILES string of the molecule is COc1ccc(C(=O)O)cc1C=C(C)C. The number of ether oxygens (including phenoxy) is 1. The van der Waals surface area contributed by atoms with Crippen LogP contribution in [-0.4, -0.2) is 18.2 Å². The van der Waals surface area contributed by atoms with E-state index in [1.807, 2.05) is 19.9 Å². The summed E-state index contributed by atoms with van der Waals surface area (Å²) in [6.07, 6.45) is 1.89. The molecule has 0 bridgehead atoms.